The fourth-order valence-electron chi connectivity index (χ4n) is 7.95. The number of thiazole rings is 1. The summed E-state index contributed by atoms with van der Waals surface area (Å²) in [6, 6.07) is 6.82. The fourth-order valence-corrected chi connectivity index (χ4v) is 9.27. The number of hydrogen-bond donors (Lipinski definition) is 1. The lowest BCUT2D eigenvalue weighted by Gasteiger charge is -2.59. The summed E-state index contributed by atoms with van der Waals surface area (Å²) in [4.78, 5) is 19.0. The molecule has 3 saturated carbocycles. The zero-order valence-corrected chi connectivity index (χ0v) is 19.2. The summed E-state index contributed by atoms with van der Waals surface area (Å²) in [7, 11) is 0. The zero-order chi connectivity index (χ0) is 21.4. The van der Waals surface area contributed by atoms with Gasteiger partial charge in [-0.3, -0.25) is 4.79 Å². The van der Waals surface area contributed by atoms with Crippen LogP contribution in [0, 0.1) is 34.4 Å². The number of halogens is 1. The van der Waals surface area contributed by atoms with Crippen molar-refractivity contribution in [2.24, 2.45) is 28.6 Å². The van der Waals surface area contributed by atoms with Crippen LogP contribution in [0.2, 0.25) is 0 Å². The summed E-state index contributed by atoms with van der Waals surface area (Å²) in [5.41, 5.74) is 1.97. The van der Waals surface area contributed by atoms with Gasteiger partial charge in [-0.2, -0.15) is 0 Å². The molecule has 4 aliphatic rings. The monoisotopic (exact) mass is 438 g/mol. The van der Waals surface area contributed by atoms with Crippen LogP contribution in [0.25, 0.3) is 0 Å². The van der Waals surface area contributed by atoms with E-state index in [0.29, 0.717) is 40.6 Å². The smallest absolute Gasteiger partial charge is 0.187 e. The molecule has 6 rings (SSSR count). The number of nitrogens with zero attached hydrogens (tertiary/aromatic N) is 1. The molecule has 1 unspecified atom stereocenters. The Kier molecular flexibility index (Phi) is 4.41. The number of carbonyl (C=O) groups excluding carboxylic acids is 1. The van der Waals surface area contributed by atoms with E-state index in [4.69, 9.17) is 4.98 Å². The van der Waals surface area contributed by atoms with Gasteiger partial charge in [0.05, 0.1) is 11.4 Å². The van der Waals surface area contributed by atoms with E-state index >= 15 is 0 Å². The first-order valence-corrected chi connectivity index (χ1v) is 12.8. The SMILES string of the molecule is C[C@]12CCc3nc(Nc4ccccc4F)sc3C1CC[C@@H]1[C@@H]2CC[C@]2(C)C(=O)CC[C@@H]12. The molecule has 3 fully saturated rings. The molecule has 6 atom stereocenters. The lowest BCUT2D eigenvalue weighted by Crippen LogP contribution is -2.52. The minimum Gasteiger partial charge on any atom is -0.329 e. The van der Waals surface area contributed by atoms with Gasteiger partial charge in [0.1, 0.15) is 11.6 Å². The summed E-state index contributed by atoms with van der Waals surface area (Å²) in [5.74, 6) is 2.86. The normalized spacial score (nSPS) is 38.7. The molecule has 5 heteroatoms. The maximum absolute atomic E-state index is 14.1. The quantitative estimate of drug-likeness (QED) is 0.556. The number of para-hydroxylation sites is 1. The highest BCUT2D eigenvalue weighted by atomic mass is 32.1. The van der Waals surface area contributed by atoms with E-state index in [9.17, 15) is 9.18 Å². The summed E-state index contributed by atoms with van der Waals surface area (Å²) < 4.78 is 14.1. The Bertz CT molecular complexity index is 1050. The average molecular weight is 439 g/mol. The molecule has 31 heavy (non-hydrogen) atoms. The van der Waals surface area contributed by atoms with Gasteiger partial charge in [-0.15, -0.1) is 11.3 Å². The lowest BCUT2D eigenvalue weighted by atomic mass is 9.46. The Morgan fingerprint density at radius 2 is 1.90 bits per heavy atom. The van der Waals surface area contributed by atoms with Crippen LogP contribution < -0.4 is 5.32 Å². The third-order valence-electron chi connectivity index (χ3n) is 9.64. The van der Waals surface area contributed by atoms with Crippen molar-refractivity contribution in [2.75, 3.05) is 5.32 Å². The molecular weight excluding hydrogens is 407 g/mol. The molecule has 0 aliphatic heterocycles. The standard InChI is InChI=1S/C26H31FN2OS/c1-25-14-12-21-23(31-24(29-21)28-20-6-4-3-5-19(20)27)18(25)8-7-15-16-9-10-22(30)26(16,2)13-11-17(15)25/h3-6,15-18H,7-14H2,1-2H3,(H,28,29)/t15-,16-,17-,18?,25+,26-/m0/s1. The molecule has 0 amide bonds. The first kappa shape index (κ1) is 19.9. The minimum atomic E-state index is -0.239. The second kappa shape index (κ2) is 6.87. The van der Waals surface area contributed by atoms with E-state index in [-0.39, 0.29) is 11.2 Å². The molecule has 3 nitrogen and oxygen atoms in total. The number of aromatic nitrogens is 1. The molecule has 4 aliphatic carbocycles. The summed E-state index contributed by atoms with van der Waals surface area (Å²) in [5, 5.41) is 4.05. The van der Waals surface area contributed by atoms with Gasteiger partial charge < -0.3 is 5.32 Å². The molecule has 0 spiro atoms. The maximum Gasteiger partial charge on any atom is 0.187 e. The number of fused-ring (bicyclic) bond motifs is 7. The van der Waals surface area contributed by atoms with E-state index in [1.807, 2.05) is 6.07 Å². The first-order valence-electron chi connectivity index (χ1n) is 11.9. The van der Waals surface area contributed by atoms with E-state index < -0.39 is 0 Å². The van der Waals surface area contributed by atoms with E-state index in [1.165, 1.54) is 42.3 Å². The van der Waals surface area contributed by atoms with E-state index in [1.54, 1.807) is 23.5 Å². The van der Waals surface area contributed by atoms with Crippen LogP contribution in [-0.2, 0) is 11.2 Å². The van der Waals surface area contributed by atoms with E-state index in [2.05, 4.69) is 19.2 Å². The van der Waals surface area contributed by atoms with Gasteiger partial charge in [-0.05, 0) is 80.2 Å². The Morgan fingerprint density at radius 1 is 1.06 bits per heavy atom. The number of aryl methyl sites for hydroxylation is 1. The third-order valence-corrected chi connectivity index (χ3v) is 10.8. The number of Topliss-reactive ketones (excluding diaryl/α,β-unsaturated/α-hetero) is 1. The van der Waals surface area contributed by atoms with Crippen molar-refractivity contribution in [1.29, 1.82) is 0 Å². The predicted molar refractivity (Wildman–Crippen MR) is 122 cm³/mol. The van der Waals surface area contributed by atoms with Crippen LogP contribution >= 0.6 is 11.3 Å². The maximum atomic E-state index is 14.1. The second-order valence-corrected chi connectivity index (χ2v) is 11.9. The van der Waals surface area contributed by atoms with E-state index in [0.717, 1.165) is 30.8 Å². The Labute approximate surface area is 187 Å². The topological polar surface area (TPSA) is 42.0 Å². The van der Waals surface area contributed by atoms with Crippen molar-refractivity contribution < 1.29 is 9.18 Å². The van der Waals surface area contributed by atoms with Crippen molar-refractivity contribution >= 4 is 27.9 Å². The number of ketones is 1. The number of nitrogens with one attached hydrogen (secondary N) is 1. The Balaban J connectivity index is 1.30. The van der Waals surface area contributed by atoms with Gasteiger partial charge in [-0.25, -0.2) is 9.37 Å². The third kappa shape index (κ3) is 2.81. The highest BCUT2D eigenvalue weighted by molar-refractivity contribution is 7.15. The van der Waals surface area contributed by atoms with Crippen molar-refractivity contribution in [3.63, 3.8) is 0 Å². The molecule has 0 radical (unpaired) electrons. The van der Waals surface area contributed by atoms with Crippen LogP contribution in [0.5, 0.6) is 0 Å². The number of anilines is 2. The van der Waals surface area contributed by atoms with Gasteiger partial charge in [0.15, 0.2) is 5.13 Å². The molecule has 2 aromatic rings. The van der Waals surface area contributed by atoms with Gasteiger partial charge in [0, 0.05) is 22.6 Å². The summed E-state index contributed by atoms with van der Waals surface area (Å²) in [6.45, 7) is 4.79. The number of rotatable bonds is 2. The van der Waals surface area contributed by atoms with Gasteiger partial charge in [-0.1, -0.05) is 26.0 Å². The molecule has 1 aromatic heterocycles. The minimum absolute atomic E-state index is 0.0501. The molecule has 0 bridgehead atoms. The van der Waals surface area contributed by atoms with Gasteiger partial charge >= 0.3 is 0 Å². The number of benzene rings is 1. The zero-order valence-electron chi connectivity index (χ0n) is 18.4. The van der Waals surface area contributed by atoms with Crippen LogP contribution in [0.4, 0.5) is 15.2 Å². The van der Waals surface area contributed by atoms with Crippen LogP contribution in [0.3, 0.4) is 0 Å². The highest BCUT2D eigenvalue weighted by Crippen LogP contribution is 2.67. The second-order valence-electron chi connectivity index (χ2n) is 10.9. The molecule has 1 N–H and O–H groups in total. The molecule has 1 heterocycles. The van der Waals surface area contributed by atoms with Crippen molar-refractivity contribution in [3.8, 4) is 0 Å². The number of hydrogen-bond acceptors (Lipinski definition) is 4. The average Bonchev–Trinajstić information content (AvgIpc) is 3.29. The molecule has 0 saturated heterocycles. The van der Waals surface area contributed by atoms with Crippen LogP contribution in [0.15, 0.2) is 24.3 Å². The molecule has 1 aromatic carbocycles. The van der Waals surface area contributed by atoms with Crippen molar-refractivity contribution in [3.05, 3.63) is 40.7 Å². The Morgan fingerprint density at radius 3 is 2.74 bits per heavy atom. The lowest BCUT2D eigenvalue weighted by molar-refractivity contribution is -0.134. The van der Waals surface area contributed by atoms with Crippen LogP contribution in [0.1, 0.15) is 75.3 Å². The molecule has 164 valence electrons. The molecular formula is C26H31FN2OS. The first-order chi connectivity index (χ1) is 14.9. The predicted octanol–water partition coefficient (Wildman–Crippen LogP) is 6.87. The highest BCUT2D eigenvalue weighted by Gasteiger charge is 2.60. The fraction of sp³-hybridized carbons (Fsp3) is 0.615. The Hall–Kier alpha value is -1.75. The van der Waals surface area contributed by atoms with Crippen LogP contribution in [-0.4, -0.2) is 10.8 Å². The van der Waals surface area contributed by atoms with Crippen molar-refractivity contribution in [1.82, 2.24) is 4.98 Å². The van der Waals surface area contributed by atoms with Gasteiger partial charge in [0.25, 0.3) is 0 Å². The van der Waals surface area contributed by atoms with Gasteiger partial charge in [0.2, 0.25) is 0 Å². The summed E-state index contributed by atoms with van der Waals surface area (Å²) in [6.07, 6.45) is 8.83. The van der Waals surface area contributed by atoms with Crippen molar-refractivity contribution in [2.45, 2.75) is 71.1 Å². The summed E-state index contributed by atoms with van der Waals surface area (Å²) >= 11 is 1.74. The number of carbonyl (C=O) groups is 1. The largest absolute Gasteiger partial charge is 0.329 e.